The van der Waals surface area contributed by atoms with E-state index in [1.807, 2.05) is 5.51 Å². The number of thioether (sulfide) groups is 1. The normalized spacial score (nSPS) is 19.4. The van der Waals surface area contributed by atoms with Gasteiger partial charge in [0.25, 0.3) is 0 Å². The summed E-state index contributed by atoms with van der Waals surface area (Å²) in [6.45, 7) is 0. The number of hydrogen-bond acceptors (Lipinski definition) is 5. The van der Waals surface area contributed by atoms with Crippen LogP contribution in [0.4, 0.5) is 0 Å². The minimum Gasteiger partial charge on any atom is -0.379 e. The molecule has 2 rings (SSSR count). The molecule has 1 atom stereocenters. The molecule has 2 heterocycles. The highest BCUT2D eigenvalue weighted by Gasteiger charge is 2.16. The number of aromatic nitrogens is 1. The third kappa shape index (κ3) is 3.65. The largest absolute Gasteiger partial charge is 0.379 e. The molecule has 2 N–H and O–H groups in total. The summed E-state index contributed by atoms with van der Waals surface area (Å²) in [4.78, 5) is 8.49. The van der Waals surface area contributed by atoms with Gasteiger partial charge in [-0.1, -0.05) is 11.8 Å². The molecule has 1 aromatic heterocycles. The Kier molecular flexibility index (Phi) is 6.52. The van der Waals surface area contributed by atoms with Crippen molar-refractivity contribution in [3.8, 4) is 0 Å². The molecule has 0 fully saturated rings. The highest BCUT2D eigenvalue weighted by molar-refractivity contribution is 8.14. The molecular formula is C7H11Cl2N3S2. The number of amidine groups is 1. The van der Waals surface area contributed by atoms with Gasteiger partial charge < -0.3 is 5.73 Å². The summed E-state index contributed by atoms with van der Waals surface area (Å²) < 4.78 is 0. The second-order valence-corrected chi connectivity index (χ2v) is 4.38. The predicted octanol–water partition coefficient (Wildman–Crippen LogP) is 1.96. The minimum absolute atomic E-state index is 0. The predicted molar refractivity (Wildman–Crippen MR) is 68.2 cm³/mol. The van der Waals surface area contributed by atoms with Gasteiger partial charge in [-0.25, -0.2) is 4.98 Å². The standard InChI is InChI=1S/C7H9N3S2.2ClH/c8-7-10-6(3-12-7)1-5-2-11-4-9-5;;/h2,4,6H,1,3H2,(H2,8,10);2*1H/t6-;;/m1../s1. The topological polar surface area (TPSA) is 51.3 Å². The molecule has 80 valence electrons. The van der Waals surface area contributed by atoms with Crippen LogP contribution in [0.2, 0.25) is 0 Å². The van der Waals surface area contributed by atoms with Gasteiger partial charge in [0, 0.05) is 17.6 Å². The smallest absolute Gasteiger partial charge is 0.154 e. The lowest BCUT2D eigenvalue weighted by Gasteiger charge is -2.00. The zero-order valence-corrected chi connectivity index (χ0v) is 10.5. The van der Waals surface area contributed by atoms with Crippen molar-refractivity contribution in [2.75, 3.05) is 5.75 Å². The number of halogens is 2. The molecule has 14 heavy (non-hydrogen) atoms. The minimum atomic E-state index is 0. The Morgan fingerprint density at radius 1 is 1.50 bits per heavy atom. The maximum Gasteiger partial charge on any atom is 0.154 e. The molecule has 1 aliphatic heterocycles. The van der Waals surface area contributed by atoms with Gasteiger partial charge >= 0.3 is 0 Å². The zero-order chi connectivity index (χ0) is 8.39. The van der Waals surface area contributed by atoms with E-state index in [0.717, 1.165) is 23.0 Å². The summed E-state index contributed by atoms with van der Waals surface area (Å²) in [5, 5.41) is 2.78. The lowest BCUT2D eigenvalue weighted by Crippen LogP contribution is -2.08. The van der Waals surface area contributed by atoms with E-state index in [4.69, 9.17) is 5.73 Å². The van der Waals surface area contributed by atoms with Crippen molar-refractivity contribution in [2.45, 2.75) is 12.5 Å². The Bertz CT molecular complexity index is 289. The lowest BCUT2D eigenvalue weighted by molar-refractivity contribution is 0.748. The Hall–Kier alpha value is 0.0300. The van der Waals surface area contributed by atoms with Crippen molar-refractivity contribution in [1.29, 1.82) is 0 Å². The molecule has 3 nitrogen and oxygen atoms in total. The molecule has 0 aliphatic carbocycles. The molecule has 7 heteroatoms. The molecule has 0 saturated carbocycles. The van der Waals surface area contributed by atoms with Crippen molar-refractivity contribution >= 4 is 53.1 Å². The van der Waals surface area contributed by atoms with Gasteiger partial charge in [-0.15, -0.1) is 36.2 Å². The zero-order valence-electron chi connectivity index (χ0n) is 7.25. The maximum absolute atomic E-state index is 5.55. The molecule has 0 radical (unpaired) electrons. The van der Waals surface area contributed by atoms with Crippen molar-refractivity contribution < 1.29 is 0 Å². The van der Waals surface area contributed by atoms with Crippen molar-refractivity contribution in [3.05, 3.63) is 16.6 Å². The first-order valence-corrected chi connectivity index (χ1v) is 5.60. The van der Waals surface area contributed by atoms with E-state index < -0.39 is 0 Å². The average Bonchev–Trinajstić information content (AvgIpc) is 2.63. The van der Waals surface area contributed by atoms with Gasteiger partial charge in [0.1, 0.15) is 0 Å². The molecule has 0 saturated heterocycles. The summed E-state index contributed by atoms with van der Waals surface area (Å²) in [7, 11) is 0. The molecular weight excluding hydrogens is 261 g/mol. The Morgan fingerprint density at radius 3 is 2.79 bits per heavy atom. The van der Waals surface area contributed by atoms with E-state index in [0.29, 0.717) is 6.04 Å². The Labute approximate surface area is 103 Å². The van der Waals surface area contributed by atoms with E-state index in [1.165, 1.54) is 0 Å². The molecule has 0 aromatic carbocycles. The van der Waals surface area contributed by atoms with Crippen LogP contribution in [0, 0.1) is 0 Å². The number of rotatable bonds is 2. The van der Waals surface area contributed by atoms with Gasteiger partial charge in [0.15, 0.2) is 5.17 Å². The van der Waals surface area contributed by atoms with Crippen LogP contribution in [-0.4, -0.2) is 21.9 Å². The van der Waals surface area contributed by atoms with Crippen LogP contribution in [0.25, 0.3) is 0 Å². The number of thiazole rings is 1. The Morgan fingerprint density at radius 2 is 2.29 bits per heavy atom. The Balaban J connectivity index is 0.000000845. The van der Waals surface area contributed by atoms with Gasteiger partial charge in [-0.3, -0.25) is 4.99 Å². The van der Waals surface area contributed by atoms with Crippen LogP contribution in [0.5, 0.6) is 0 Å². The van der Waals surface area contributed by atoms with E-state index in [2.05, 4.69) is 15.4 Å². The summed E-state index contributed by atoms with van der Waals surface area (Å²) in [5.74, 6) is 1.00. The summed E-state index contributed by atoms with van der Waals surface area (Å²) >= 11 is 3.26. The second-order valence-electron chi connectivity index (χ2n) is 2.62. The number of nitrogens with zero attached hydrogens (tertiary/aromatic N) is 2. The van der Waals surface area contributed by atoms with E-state index in [9.17, 15) is 0 Å². The number of nitrogens with two attached hydrogens (primary N) is 1. The number of aliphatic imine (C=N–C) groups is 1. The van der Waals surface area contributed by atoms with Gasteiger partial charge in [-0.05, 0) is 0 Å². The first-order valence-electron chi connectivity index (χ1n) is 3.68. The SMILES string of the molecule is Cl.Cl.NC1=N[C@H](Cc2cscn2)CS1. The first-order chi connectivity index (χ1) is 5.84. The van der Waals surface area contributed by atoms with Gasteiger partial charge in [0.2, 0.25) is 0 Å². The van der Waals surface area contributed by atoms with Gasteiger partial charge in [0.05, 0.1) is 17.2 Å². The van der Waals surface area contributed by atoms with E-state index in [-0.39, 0.29) is 24.8 Å². The highest BCUT2D eigenvalue weighted by atomic mass is 35.5. The lowest BCUT2D eigenvalue weighted by atomic mass is 10.2. The van der Waals surface area contributed by atoms with Crippen molar-refractivity contribution in [3.63, 3.8) is 0 Å². The van der Waals surface area contributed by atoms with Crippen LogP contribution >= 0.6 is 47.9 Å². The van der Waals surface area contributed by atoms with Crippen LogP contribution in [0.3, 0.4) is 0 Å². The second kappa shape index (κ2) is 6.50. The number of hydrogen-bond donors (Lipinski definition) is 1. The molecule has 0 amide bonds. The van der Waals surface area contributed by atoms with Crippen molar-refractivity contribution in [1.82, 2.24) is 4.98 Å². The van der Waals surface area contributed by atoms with Crippen molar-refractivity contribution in [2.24, 2.45) is 10.7 Å². The van der Waals surface area contributed by atoms with Crippen LogP contribution in [0.15, 0.2) is 15.9 Å². The molecule has 0 bridgehead atoms. The molecule has 1 aromatic rings. The summed E-state index contributed by atoms with van der Waals surface area (Å²) in [6.07, 6.45) is 0.928. The molecule has 0 spiro atoms. The quantitative estimate of drug-likeness (QED) is 0.895. The van der Waals surface area contributed by atoms with Crippen LogP contribution in [0.1, 0.15) is 5.69 Å². The fraction of sp³-hybridized carbons (Fsp3) is 0.429. The third-order valence-electron chi connectivity index (χ3n) is 1.66. The summed E-state index contributed by atoms with van der Waals surface area (Å²) in [5.41, 5.74) is 8.53. The highest BCUT2D eigenvalue weighted by Crippen LogP contribution is 2.18. The fourth-order valence-electron chi connectivity index (χ4n) is 1.12. The van der Waals surface area contributed by atoms with E-state index in [1.54, 1.807) is 23.1 Å². The fourth-order valence-corrected chi connectivity index (χ4v) is 2.47. The summed E-state index contributed by atoms with van der Waals surface area (Å²) in [6, 6.07) is 0.345. The van der Waals surface area contributed by atoms with Gasteiger partial charge in [-0.2, -0.15) is 0 Å². The third-order valence-corrected chi connectivity index (χ3v) is 3.25. The maximum atomic E-state index is 5.55. The van der Waals surface area contributed by atoms with Crippen LogP contribution in [-0.2, 0) is 6.42 Å². The first kappa shape index (κ1) is 14.0. The molecule has 1 aliphatic rings. The monoisotopic (exact) mass is 271 g/mol. The average molecular weight is 272 g/mol. The van der Waals surface area contributed by atoms with Crippen LogP contribution < -0.4 is 5.73 Å². The van der Waals surface area contributed by atoms with E-state index >= 15 is 0 Å². The molecule has 0 unspecified atom stereocenters.